The van der Waals surface area contributed by atoms with Gasteiger partial charge in [0.25, 0.3) is 0 Å². The molecule has 6 aromatic carbocycles. The topological polar surface area (TPSA) is 141 Å². The highest BCUT2D eigenvalue weighted by molar-refractivity contribution is 6.13. The first-order chi connectivity index (χ1) is 33.5. The minimum absolute atomic E-state index is 0.0725. The molecule has 2 aliphatic heterocycles. The third-order valence-corrected chi connectivity index (χ3v) is 11.8. The molecule has 18 heteroatoms. The molecule has 0 spiro atoms. The molecular formula is C51H42F4N10O4. The number of morpholine rings is 2. The average molecular weight is 935 g/mol. The van der Waals surface area contributed by atoms with Crippen molar-refractivity contribution < 1.29 is 36.6 Å². The van der Waals surface area contributed by atoms with Gasteiger partial charge in [-0.15, -0.1) is 0 Å². The molecule has 8 aromatic rings. The summed E-state index contributed by atoms with van der Waals surface area (Å²) in [6, 6.07) is 32.2. The minimum atomic E-state index is -4.71. The van der Waals surface area contributed by atoms with Crippen LogP contribution in [0.15, 0.2) is 146 Å². The summed E-state index contributed by atoms with van der Waals surface area (Å²) in [6.45, 7) is 5.20. The summed E-state index contributed by atoms with van der Waals surface area (Å²) in [6.07, 6.45) is -1.22. The third-order valence-electron chi connectivity index (χ3n) is 11.8. The van der Waals surface area contributed by atoms with Crippen LogP contribution in [0.3, 0.4) is 0 Å². The van der Waals surface area contributed by atoms with Crippen molar-refractivity contribution in [3.8, 4) is 22.3 Å². The molecule has 2 N–H and O–H groups in total. The van der Waals surface area contributed by atoms with E-state index in [2.05, 4.69) is 30.4 Å². The maximum absolute atomic E-state index is 16.0. The summed E-state index contributed by atoms with van der Waals surface area (Å²) in [5.74, 6) is 0.621. The van der Waals surface area contributed by atoms with E-state index in [1.54, 1.807) is 60.9 Å². The standard InChI is InChI=1S/C51H42F4N10O4/c52-41-6-1-2-7-46(41)65(50(67)58-38-14-8-33(9-15-38)35-12-18-42-44(28-35)60-47(31-56-42)62-20-24-68-25-21-62)64(49(66)59-39-5-3-4-37(30-39)51(53,54)55)40-16-10-34(11-17-40)36-13-19-43-45(29-36)61-48(32-57-43)63-22-26-69-27-23-63/h1-19,28-32H,20-27H2,(H,58,67)(H,59,66). The number of hydrogen-bond acceptors (Lipinski definition) is 10. The SMILES string of the molecule is O=C(Nc1cccc(C(F)(F)F)c1)N(c1ccc(-c2ccc3ncc(N4CCOCC4)nc3c2)cc1)N(C(=O)Nc1ccc(-c2ccc3ncc(N4CCOCC4)nc3c2)cc1)c1ccccc1F. The molecule has 0 saturated carbocycles. The lowest BCUT2D eigenvalue weighted by atomic mass is 10.0. The van der Waals surface area contributed by atoms with Crippen LogP contribution < -0.4 is 30.5 Å². The van der Waals surface area contributed by atoms with Crippen molar-refractivity contribution in [2.24, 2.45) is 0 Å². The van der Waals surface area contributed by atoms with Crippen molar-refractivity contribution in [3.63, 3.8) is 0 Å². The molecule has 14 nitrogen and oxygen atoms in total. The summed E-state index contributed by atoms with van der Waals surface area (Å²) in [5, 5.41) is 6.96. The van der Waals surface area contributed by atoms with Gasteiger partial charge >= 0.3 is 18.2 Å². The predicted molar refractivity (Wildman–Crippen MR) is 257 cm³/mol. The van der Waals surface area contributed by atoms with Gasteiger partial charge in [0.1, 0.15) is 23.1 Å². The van der Waals surface area contributed by atoms with E-state index in [1.165, 1.54) is 24.3 Å². The smallest absolute Gasteiger partial charge is 0.378 e. The van der Waals surface area contributed by atoms with Gasteiger partial charge in [0.2, 0.25) is 0 Å². The highest BCUT2D eigenvalue weighted by Gasteiger charge is 2.34. The molecule has 69 heavy (non-hydrogen) atoms. The molecule has 10 rings (SSSR count). The average Bonchev–Trinajstić information content (AvgIpc) is 3.38. The number of nitrogens with zero attached hydrogens (tertiary/aromatic N) is 8. The first kappa shape index (κ1) is 44.6. The van der Waals surface area contributed by atoms with Crippen LogP contribution in [0.25, 0.3) is 44.3 Å². The van der Waals surface area contributed by atoms with Crippen LogP contribution in [0.2, 0.25) is 0 Å². The fourth-order valence-corrected chi connectivity index (χ4v) is 8.17. The lowest BCUT2D eigenvalue weighted by molar-refractivity contribution is -0.137. The number of benzene rings is 6. The van der Waals surface area contributed by atoms with Gasteiger partial charge in [0.15, 0.2) is 0 Å². The molecule has 348 valence electrons. The lowest BCUT2D eigenvalue weighted by Gasteiger charge is -2.35. The van der Waals surface area contributed by atoms with E-state index in [-0.39, 0.29) is 17.1 Å². The Balaban J connectivity index is 0.973. The number of ether oxygens (including phenoxy) is 2. The molecule has 2 saturated heterocycles. The predicted octanol–water partition coefficient (Wildman–Crippen LogP) is 10.4. The highest BCUT2D eigenvalue weighted by atomic mass is 19.4. The summed E-state index contributed by atoms with van der Waals surface area (Å²) in [5.41, 5.74) is 4.72. The monoisotopic (exact) mass is 934 g/mol. The first-order valence-corrected chi connectivity index (χ1v) is 22.1. The number of nitrogens with one attached hydrogen (secondary N) is 2. The number of carbonyl (C=O) groups excluding carboxylic acids is 2. The van der Waals surface area contributed by atoms with E-state index in [0.717, 1.165) is 68.1 Å². The summed E-state index contributed by atoms with van der Waals surface area (Å²) < 4.78 is 68.4. The van der Waals surface area contributed by atoms with Crippen molar-refractivity contribution in [1.29, 1.82) is 0 Å². The number of aromatic nitrogens is 4. The van der Waals surface area contributed by atoms with Gasteiger partial charge in [-0.1, -0.05) is 54.6 Å². The van der Waals surface area contributed by atoms with Crippen LogP contribution in [0.4, 0.5) is 61.5 Å². The number of anilines is 6. The number of hydrazine groups is 1. The number of rotatable bonds is 8. The van der Waals surface area contributed by atoms with E-state index in [4.69, 9.17) is 19.4 Å². The van der Waals surface area contributed by atoms with E-state index in [0.29, 0.717) is 80.4 Å². The second-order valence-corrected chi connectivity index (χ2v) is 16.2. The minimum Gasteiger partial charge on any atom is -0.378 e. The van der Waals surface area contributed by atoms with Crippen LogP contribution in [-0.4, -0.2) is 84.6 Å². The van der Waals surface area contributed by atoms with Gasteiger partial charge in [-0.25, -0.2) is 23.9 Å². The van der Waals surface area contributed by atoms with Crippen LogP contribution in [-0.2, 0) is 15.7 Å². The third kappa shape index (κ3) is 9.79. The molecule has 2 aliphatic rings. The van der Waals surface area contributed by atoms with Crippen LogP contribution in [0.1, 0.15) is 5.56 Å². The lowest BCUT2D eigenvalue weighted by Crippen LogP contribution is -2.54. The van der Waals surface area contributed by atoms with Crippen molar-refractivity contribution in [2.45, 2.75) is 6.18 Å². The van der Waals surface area contributed by atoms with Gasteiger partial charge in [0, 0.05) is 37.6 Å². The zero-order chi connectivity index (χ0) is 47.5. The normalized spacial score (nSPS) is 14.1. The van der Waals surface area contributed by atoms with Crippen LogP contribution >= 0.6 is 0 Å². The highest BCUT2D eigenvalue weighted by Crippen LogP contribution is 2.34. The zero-order valence-corrected chi connectivity index (χ0v) is 36.7. The van der Waals surface area contributed by atoms with Crippen LogP contribution in [0.5, 0.6) is 0 Å². The quantitative estimate of drug-likeness (QED) is 0.112. The molecule has 0 aliphatic carbocycles. The number of carbonyl (C=O) groups is 2. The Morgan fingerprint density at radius 1 is 0.536 bits per heavy atom. The molecule has 0 atom stereocenters. The molecule has 4 heterocycles. The van der Waals surface area contributed by atoms with E-state index in [9.17, 15) is 22.8 Å². The van der Waals surface area contributed by atoms with Gasteiger partial charge < -0.3 is 29.9 Å². The number of urea groups is 2. The number of halogens is 4. The van der Waals surface area contributed by atoms with Gasteiger partial charge in [-0.05, 0) is 101 Å². The fourth-order valence-electron chi connectivity index (χ4n) is 8.17. The molecule has 4 amide bonds. The Morgan fingerprint density at radius 3 is 1.59 bits per heavy atom. The Bertz CT molecular complexity index is 3170. The summed E-state index contributed by atoms with van der Waals surface area (Å²) in [4.78, 5) is 52.4. The Labute approximate surface area is 392 Å². The van der Waals surface area contributed by atoms with Crippen molar-refractivity contribution in [3.05, 3.63) is 157 Å². The molecule has 0 unspecified atom stereocenters. The summed E-state index contributed by atoms with van der Waals surface area (Å²) in [7, 11) is 0. The second kappa shape index (κ2) is 19.2. The van der Waals surface area contributed by atoms with Gasteiger partial charge in [-0.2, -0.15) is 23.2 Å². The fraction of sp³-hybridized carbons (Fsp3) is 0.176. The van der Waals surface area contributed by atoms with Crippen molar-refractivity contribution in [2.75, 3.05) is 83.1 Å². The molecular weight excluding hydrogens is 893 g/mol. The Morgan fingerprint density at radius 2 is 1.04 bits per heavy atom. The van der Waals surface area contributed by atoms with Gasteiger partial charge in [0.05, 0.1) is 72.1 Å². The van der Waals surface area contributed by atoms with Crippen molar-refractivity contribution in [1.82, 2.24) is 19.9 Å². The van der Waals surface area contributed by atoms with E-state index < -0.39 is 29.6 Å². The second-order valence-electron chi connectivity index (χ2n) is 16.2. The number of amides is 4. The molecule has 0 radical (unpaired) electrons. The Hall–Kier alpha value is -8.22. The first-order valence-electron chi connectivity index (χ1n) is 22.1. The number of hydrogen-bond donors (Lipinski definition) is 2. The van der Waals surface area contributed by atoms with Gasteiger partial charge in [-0.3, -0.25) is 9.97 Å². The molecule has 0 bridgehead atoms. The largest absolute Gasteiger partial charge is 0.416 e. The number of para-hydroxylation sites is 1. The van der Waals surface area contributed by atoms with Crippen molar-refractivity contribution >= 4 is 68.5 Å². The van der Waals surface area contributed by atoms with E-state index >= 15 is 4.39 Å². The number of fused-ring (bicyclic) bond motifs is 2. The maximum atomic E-state index is 16.0. The molecule has 2 fully saturated rings. The zero-order valence-electron chi connectivity index (χ0n) is 36.7. The summed E-state index contributed by atoms with van der Waals surface area (Å²) >= 11 is 0. The molecule has 2 aromatic heterocycles. The van der Waals surface area contributed by atoms with E-state index in [1.807, 2.05) is 36.4 Å². The van der Waals surface area contributed by atoms with Crippen LogP contribution in [0, 0.1) is 5.82 Å². The Kier molecular flexibility index (Phi) is 12.4. The maximum Gasteiger partial charge on any atom is 0.416 e. The number of alkyl halides is 3.